The lowest BCUT2D eigenvalue weighted by Crippen LogP contribution is -2.58. The fraction of sp³-hybridized carbons (Fsp3) is 0.781. The normalized spacial score (nSPS) is 43.5. The molecule has 0 spiro atoms. The van der Waals surface area contributed by atoms with E-state index in [0.29, 0.717) is 41.9 Å². The molecule has 0 saturated heterocycles. The van der Waals surface area contributed by atoms with Gasteiger partial charge in [-0.15, -0.1) is 0 Å². The molecule has 0 aromatic heterocycles. The predicted molar refractivity (Wildman–Crippen MR) is 151 cm³/mol. The first-order chi connectivity index (χ1) is 17.6. The molecule has 1 aromatic carbocycles. The molecule has 1 heterocycles. The zero-order chi connectivity index (χ0) is 26.1. The summed E-state index contributed by atoms with van der Waals surface area (Å²) < 4.78 is 1.03. The average molecular weight is 573 g/mol. The van der Waals surface area contributed by atoms with E-state index in [1.165, 1.54) is 31.2 Å². The number of hydrogen-bond acceptors (Lipinski definition) is 3. The van der Waals surface area contributed by atoms with Crippen LogP contribution in [0.25, 0.3) is 0 Å². The topological polar surface area (TPSA) is 60.8 Å². The van der Waals surface area contributed by atoms with Crippen molar-refractivity contribution in [2.45, 2.75) is 104 Å². The molecule has 2 N–H and O–H groups in total. The van der Waals surface area contributed by atoms with Crippen molar-refractivity contribution in [3.63, 3.8) is 0 Å². The number of aliphatic hydroxyl groups excluding tert-OH is 2. The van der Waals surface area contributed by atoms with Gasteiger partial charge in [-0.2, -0.15) is 0 Å². The maximum absolute atomic E-state index is 13.3. The van der Waals surface area contributed by atoms with Gasteiger partial charge in [0.25, 0.3) is 0 Å². The molecule has 1 aliphatic heterocycles. The molecular formula is C32H46BrNO3. The highest BCUT2D eigenvalue weighted by Gasteiger charge is 2.63. The molecule has 5 heteroatoms. The summed E-state index contributed by atoms with van der Waals surface area (Å²) in [5.41, 5.74) is 2.59. The van der Waals surface area contributed by atoms with Crippen LogP contribution < -0.4 is 4.90 Å². The molecule has 0 unspecified atom stereocenters. The Labute approximate surface area is 231 Å². The van der Waals surface area contributed by atoms with Gasteiger partial charge in [0.05, 0.1) is 12.2 Å². The number of nitrogens with zero attached hydrogens (tertiary/aromatic N) is 1. The third-order valence-corrected chi connectivity index (χ3v) is 13.1. The maximum Gasteiger partial charge on any atom is 0.227 e. The number of aliphatic hydroxyl groups is 2. The first-order valence-corrected chi connectivity index (χ1v) is 15.9. The van der Waals surface area contributed by atoms with Gasteiger partial charge < -0.3 is 15.1 Å². The average Bonchev–Trinajstić information content (AvgIpc) is 3.45. The second-order valence-electron chi connectivity index (χ2n) is 14.0. The van der Waals surface area contributed by atoms with Crippen LogP contribution in [0.1, 0.15) is 90.5 Å². The Kier molecular flexibility index (Phi) is 6.85. The van der Waals surface area contributed by atoms with Gasteiger partial charge in [0, 0.05) is 23.1 Å². The van der Waals surface area contributed by atoms with Crippen molar-refractivity contribution in [2.75, 3.05) is 11.4 Å². The molecule has 204 valence electrons. The minimum atomic E-state index is -0.255. The van der Waals surface area contributed by atoms with E-state index in [-0.39, 0.29) is 28.9 Å². The number of carbonyl (C=O) groups is 1. The molecule has 6 rings (SSSR count). The molecule has 4 saturated carbocycles. The van der Waals surface area contributed by atoms with Crippen molar-refractivity contribution in [3.8, 4) is 0 Å². The first-order valence-electron chi connectivity index (χ1n) is 15.1. The molecular weight excluding hydrogens is 526 g/mol. The molecule has 1 aromatic rings. The van der Waals surface area contributed by atoms with Crippen LogP contribution in [0.5, 0.6) is 0 Å². The minimum absolute atomic E-state index is 0.0356. The van der Waals surface area contributed by atoms with Crippen molar-refractivity contribution < 1.29 is 15.0 Å². The van der Waals surface area contributed by atoms with Crippen LogP contribution in [-0.2, 0) is 11.2 Å². The lowest BCUT2D eigenvalue weighted by Gasteiger charge is -2.62. The Morgan fingerprint density at radius 1 is 1.11 bits per heavy atom. The second kappa shape index (κ2) is 9.63. The smallest absolute Gasteiger partial charge is 0.227 e. The van der Waals surface area contributed by atoms with Crippen LogP contribution in [0.4, 0.5) is 5.69 Å². The molecule has 1 amide bonds. The minimum Gasteiger partial charge on any atom is -0.393 e. The van der Waals surface area contributed by atoms with Gasteiger partial charge in [-0.3, -0.25) is 4.79 Å². The second-order valence-corrected chi connectivity index (χ2v) is 14.9. The fourth-order valence-corrected chi connectivity index (χ4v) is 10.8. The Morgan fingerprint density at radius 3 is 2.73 bits per heavy atom. The van der Waals surface area contributed by atoms with Crippen LogP contribution in [-0.4, -0.2) is 34.9 Å². The quantitative estimate of drug-likeness (QED) is 0.420. The number of rotatable bonds is 4. The number of halogens is 1. The van der Waals surface area contributed by atoms with Crippen molar-refractivity contribution in [2.24, 2.45) is 46.3 Å². The molecule has 37 heavy (non-hydrogen) atoms. The third-order valence-electron chi connectivity index (χ3n) is 12.6. The number of amides is 1. The summed E-state index contributed by atoms with van der Waals surface area (Å²) in [6.07, 6.45) is 11.0. The first kappa shape index (κ1) is 26.3. The van der Waals surface area contributed by atoms with Gasteiger partial charge in [-0.05, 0) is 128 Å². The van der Waals surface area contributed by atoms with Crippen molar-refractivity contribution in [1.29, 1.82) is 0 Å². The lowest BCUT2D eigenvalue weighted by atomic mass is 9.43. The summed E-state index contributed by atoms with van der Waals surface area (Å²) in [6, 6.07) is 6.29. The van der Waals surface area contributed by atoms with E-state index in [0.717, 1.165) is 55.2 Å². The van der Waals surface area contributed by atoms with Gasteiger partial charge in [0.2, 0.25) is 5.91 Å². The zero-order valence-electron chi connectivity index (χ0n) is 23.0. The van der Waals surface area contributed by atoms with E-state index in [4.69, 9.17) is 0 Å². The number of anilines is 1. The number of hydrogen-bond donors (Lipinski definition) is 2. The summed E-state index contributed by atoms with van der Waals surface area (Å²) in [5, 5.41) is 22.1. The van der Waals surface area contributed by atoms with Gasteiger partial charge in [0.15, 0.2) is 0 Å². The molecule has 4 nitrogen and oxygen atoms in total. The van der Waals surface area contributed by atoms with Crippen LogP contribution in [0.2, 0.25) is 0 Å². The summed E-state index contributed by atoms with van der Waals surface area (Å²) in [5.74, 6) is 3.69. The SMILES string of the molecule is C[C@H](CCC(=O)N1CCc2ccc(Br)cc21)[C@H]1CC[C@H]2[C@@H]3CC[C@@H]4C[C@H](O)CC[C@]4(C)[C@H]3C[C@H](O)[C@]12C. The van der Waals surface area contributed by atoms with E-state index in [9.17, 15) is 15.0 Å². The monoisotopic (exact) mass is 571 g/mol. The standard InChI is InChI=1S/C32H46BrNO3/c1-19(4-11-30(37)34-15-13-20-5-7-22(33)17-28(20)34)25-9-10-26-24-8-6-21-16-23(35)12-14-31(21,2)27(24)18-29(36)32(25,26)3/h5,7,17,19,21,23-27,29,35-36H,4,6,8-16,18H2,1-3H3/t19-,21-,23-,24+,25-,26+,27+,29+,31+,32-/m1/s1. The number of carbonyl (C=O) groups excluding carboxylic acids is 1. The Balaban J connectivity index is 1.14. The van der Waals surface area contributed by atoms with Gasteiger partial charge >= 0.3 is 0 Å². The zero-order valence-corrected chi connectivity index (χ0v) is 24.5. The van der Waals surface area contributed by atoms with Gasteiger partial charge in [0.1, 0.15) is 0 Å². The van der Waals surface area contributed by atoms with E-state index in [1.807, 2.05) is 4.90 Å². The van der Waals surface area contributed by atoms with Crippen LogP contribution in [0.3, 0.4) is 0 Å². The van der Waals surface area contributed by atoms with E-state index in [1.54, 1.807) is 0 Å². The van der Waals surface area contributed by atoms with Crippen molar-refractivity contribution in [3.05, 3.63) is 28.2 Å². The lowest BCUT2D eigenvalue weighted by molar-refractivity contribution is -0.174. The predicted octanol–water partition coefficient (Wildman–Crippen LogP) is 6.75. The maximum atomic E-state index is 13.3. The van der Waals surface area contributed by atoms with Gasteiger partial charge in [-0.1, -0.05) is 42.8 Å². The summed E-state index contributed by atoms with van der Waals surface area (Å²) in [6.45, 7) is 8.04. The molecule has 4 fully saturated rings. The van der Waals surface area contributed by atoms with Crippen LogP contribution >= 0.6 is 15.9 Å². The van der Waals surface area contributed by atoms with Crippen LogP contribution in [0, 0.1) is 46.3 Å². The molecule has 0 bridgehead atoms. The Hall–Kier alpha value is -0.910. The number of fused-ring (bicyclic) bond motifs is 6. The van der Waals surface area contributed by atoms with Crippen LogP contribution in [0.15, 0.2) is 22.7 Å². The largest absolute Gasteiger partial charge is 0.393 e. The molecule has 10 atom stereocenters. The number of benzene rings is 1. The highest BCUT2D eigenvalue weighted by Crippen LogP contribution is 2.68. The van der Waals surface area contributed by atoms with Crippen molar-refractivity contribution >= 4 is 27.5 Å². The highest BCUT2D eigenvalue weighted by molar-refractivity contribution is 9.10. The Morgan fingerprint density at radius 2 is 1.92 bits per heavy atom. The van der Waals surface area contributed by atoms with E-state index in [2.05, 4.69) is 54.9 Å². The summed E-state index contributed by atoms with van der Waals surface area (Å²) in [4.78, 5) is 15.3. The van der Waals surface area contributed by atoms with E-state index < -0.39 is 0 Å². The molecule has 5 aliphatic rings. The fourth-order valence-electron chi connectivity index (χ4n) is 10.5. The molecule has 0 radical (unpaired) electrons. The van der Waals surface area contributed by atoms with E-state index >= 15 is 0 Å². The Bertz CT molecular complexity index is 1040. The summed E-state index contributed by atoms with van der Waals surface area (Å²) >= 11 is 3.57. The third kappa shape index (κ3) is 4.16. The highest BCUT2D eigenvalue weighted by atomic mass is 79.9. The van der Waals surface area contributed by atoms with Gasteiger partial charge in [-0.25, -0.2) is 0 Å². The summed E-state index contributed by atoms with van der Waals surface area (Å²) in [7, 11) is 0. The van der Waals surface area contributed by atoms with Crippen molar-refractivity contribution in [1.82, 2.24) is 0 Å². The molecule has 4 aliphatic carbocycles.